The Morgan fingerprint density at radius 3 is 2.42 bits per heavy atom. The van der Waals surface area contributed by atoms with E-state index in [2.05, 4.69) is 6.07 Å². The number of ether oxygens (including phenoxy) is 3. The van der Waals surface area contributed by atoms with Crippen LogP contribution in [0.2, 0.25) is 0 Å². The minimum Gasteiger partial charge on any atom is -0.482 e. The summed E-state index contributed by atoms with van der Waals surface area (Å²) in [6.07, 6.45) is 4.60. The molecule has 0 radical (unpaired) electrons. The molecule has 6 rings (SSSR count). The average Bonchev–Trinajstić information content (AvgIpc) is 3.90. The van der Waals surface area contributed by atoms with Crippen LogP contribution in [0.3, 0.4) is 0 Å². The average molecular weight is 714 g/mol. The number of carbonyl (C=O) groups is 3. The molecule has 10 nitrogen and oxygen atoms in total. The van der Waals surface area contributed by atoms with E-state index < -0.39 is 30.2 Å². The molecule has 1 aliphatic carbocycles. The van der Waals surface area contributed by atoms with Gasteiger partial charge in [0.2, 0.25) is 5.91 Å². The normalized spacial score (nSPS) is 17.6. The van der Waals surface area contributed by atoms with Crippen LogP contribution in [0.25, 0.3) is 22.0 Å². The maximum Gasteiger partial charge on any atom is 0.410 e. The van der Waals surface area contributed by atoms with Crippen LogP contribution >= 0.6 is 0 Å². The number of halogens is 1. The van der Waals surface area contributed by atoms with Crippen LogP contribution in [0.4, 0.5) is 9.18 Å². The van der Waals surface area contributed by atoms with Crippen LogP contribution in [0.15, 0.2) is 72.9 Å². The summed E-state index contributed by atoms with van der Waals surface area (Å²) >= 11 is 0. The lowest BCUT2D eigenvalue weighted by atomic mass is 9.79. The molecule has 4 aromatic rings. The van der Waals surface area contributed by atoms with E-state index >= 15 is 4.39 Å². The number of amides is 2. The Labute approximate surface area is 304 Å². The number of aromatic nitrogens is 1. The van der Waals surface area contributed by atoms with Gasteiger partial charge < -0.3 is 33.7 Å². The van der Waals surface area contributed by atoms with Gasteiger partial charge in [-0.05, 0) is 98.9 Å². The molecule has 1 saturated heterocycles. The molecule has 2 heterocycles. The van der Waals surface area contributed by atoms with E-state index in [-0.39, 0.29) is 36.8 Å². The molecule has 276 valence electrons. The number of carboxylic acid groups (broad SMARTS) is 1. The Bertz CT molecular complexity index is 1900. The number of hydrogen-bond donors (Lipinski definition) is 1. The first-order valence-corrected chi connectivity index (χ1v) is 18.0. The highest BCUT2D eigenvalue weighted by molar-refractivity contribution is 5.86. The standard InChI is InChI=1S/C41H48FN3O7/c1-41(2,3)52-40(49)44-20-18-33(29-9-5-8-28(22-29)27-12-16-32(17-13-27)51-26-37(46)47)34(25-44)39(48)45(31-14-15-31)24-30-23-43(19-7-21-50-4)36-11-6-10-35(42)38(30)36/h5-6,8-13,16-17,22-23,31,33-34H,7,14-15,18-21,24-26H2,1-4H3,(H,46,47)/t33-,34+/m1/s1. The Balaban J connectivity index is 1.31. The zero-order valence-corrected chi connectivity index (χ0v) is 30.3. The fraction of sp³-hybridized carbons (Fsp3) is 0.439. The molecule has 52 heavy (non-hydrogen) atoms. The molecule has 0 spiro atoms. The van der Waals surface area contributed by atoms with Crippen LogP contribution in [0.5, 0.6) is 5.75 Å². The molecule has 1 aliphatic heterocycles. The van der Waals surface area contributed by atoms with Crippen molar-refractivity contribution in [2.24, 2.45) is 5.92 Å². The first-order valence-electron chi connectivity index (χ1n) is 18.0. The number of likely N-dealkylation sites (tertiary alicyclic amines) is 1. The largest absolute Gasteiger partial charge is 0.482 e. The van der Waals surface area contributed by atoms with Crippen LogP contribution in [0, 0.1) is 11.7 Å². The van der Waals surface area contributed by atoms with E-state index in [1.165, 1.54) is 6.07 Å². The highest BCUT2D eigenvalue weighted by Gasteiger charge is 2.43. The SMILES string of the molecule is COCCCn1cc(CN(C(=O)[C@H]2CN(C(=O)OC(C)(C)C)CC[C@@H]2c2cccc(-c3ccc(OCC(=O)O)cc3)c2)C2CC2)c2c(F)cccc21. The first kappa shape index (κ1) is 36.9. The molecule has 3 aromatic carbocycles. The third kappa shape index (κ3) is 8.75. The van der Waals surface area contributed by atoms with E-state index in [0.717, 1.165) is 47.0 Å². The number of fused-ring (bicyclic) bond motifs is 1. The zero-order valence-electron chi connectivity index (χ0n) is 30.3. The second-order valence-corrected chi connectivity index (χ2v) is 14.8. The monoisotopic (exact) mass is 713 g/mol. The number of nitrogens with zero attached hydrogens (tertiary/aromatic N) is 3. The van der Waals surface area contributed by atoms with Gasteiger partial charge in [0.25, 0.3) is 0 Å². The molecule has 0 bridgehead atoms. The molecular weight excluding hydrogens is 665 g/mol. The van der Waals surface area contributed by atoms with Crippen molar-refractivity contribution >= 4 is 28.9 Å². The molecule has 1 aromatic heterocycles. The van der Waals surface area contributed by atoms with Crippen molar-refractivity contribution in [2.45, 2.75) is 77.1 Å². The smallest absolute Gasteiger partial charge is 0.410 e. The minimum atomic E-state index is -1.05. The van der Waals surface area contributed by atoms with Gasteiger partial charge in [0.05, 0.1) is 11.4 Å². The lowest BCUT2D eigenvalue weighted by molar-refractivity contribution is -0.140. The van der Waals surface area contributed by atoms with Crippen molar-refractivity contribution in [1.29, 1.82) is 0 Å². The van der Waals surface area contributed by atoms with Crippen molar-refractivity contribution in [1.82, 2.24) is 14.4 Å². The van der Waals surface area contributed by atoms with Gasteiger partial charge in [-0.2, -0.15) is 0 Å². The minimum absolute atomic E-state index is 0.0388. The number of rotatable bonds is 13. The summed E-state index contributed by atoms with van der Waals surface area (Å²) in [5.41, 5.74) is 3.72. The molecule has 2 fully saturated rings. The van der Waals surface area contributed by atoms with Gasteiger partial charge in [0, 0.05) is 57.5 Å². The van der Waals surface area contributed by atoms with Crippen molar-refractivity contribution in [3.05, 3.63) is 89.9 Å². The lowest BCUT2D eigenvalue weighted by Crippen LogP contribution is -2.51. The zero-order chi connectivity index (χ0) is 37.0. The summed E-state index contributed by atoms with van der Waals surface area (Å²) in [6.45, 7) is 7.22. The third-order valence-electron chi connectivity index (χ3n) is 9.74. The molecule has 2 amide bonds. The van der Waals surface area contributed by atoms with Gasteiger partial charge in [0.15, 0.2) is 6.61 Å². The molecule has 1 N–H and O–H groups in total. The van der Waals surface area contributed by atoms with Crippen LogP contribution < -0.4 is 4.74 Å². The van der Waals surface area contributed by atoms with Crippen LogP contribution in [0.1, 0.15) is 63.5 Å². The summed E-state index contributed by atoms with van der Waals surface area (Å²) in [4.78, 5) is 42.8. The molecule has 1 saturated carbocycles. The van der Waals surface area contributed by atoms with E-state index in [0.29, 0.717) is 37.3 Å². The quantitative estimate of drug-likeness (QED) is 0.143. The maximum absolute atomic E-state index is 15.5. The van der Waals surface area contributed by atoms with Gasteiger partial charge in [-0.25, -0.2) is 14.0 Å². The number of hydrogen-bond acceptors (Lipinski definition) is 6. The summed E-state index contributed by atoms with van der Waals surface area (Å²) in [7, 11) is 1.66. The number of aryl methyl sites for hydroxylation is 1. The predicted octanol–water partition coefficient (Wildman–Crippen LogP) is 7.48. The molecular formula is C41H48FN3O7. The molecule has 0 unspecified atom stereocenters. The van der Waals surface area contributed by atoms with Crippen molar-refractivity contribution < 1.29 is 38.1 Å². The van der Waals surface area contributed by atoms with Gasteiger partial charge >= 0.3 is 12.1 Å². The lowest BCUT2D eigenvalue weighted by Gasteiger charge is -2.40. The number of benzene rings is 3. The van der Waals surface area contributed by atoms with Gasteiger partial charge in [0.1, 0.15) is 17.2 Å². The Morgan fingerprint density at radius 2 is 1.73 bits per heavy atom. The number of carbonyl (C=O) groups excluding carboxylic acids is 2. The highest BCUT2D eigenvalue weighted by atomic mass is 19.1. The Hall–Kier alpha value is -4.90. The van der Waals surface area contributed by atoms with E-state index in [1.807, 2.05) is 72.8 Å². The highest BCUT2D eigenvalue weighted by Crippen LogP contribution is 2.40. The van der Waals surface area contributed by atoms with Crippen molar-refractivity contribution in [3.8, 4) is 16.9 Å². The molecule has 2 atom stereocenters. The first-order chi connectivity index (χ1) is 24.9. The van der Waals surface area contributed by atoms with Gasteiger partial charge in [-0.3, -0.25) is 4.79 Å². The number of aliphatic carboxylic acids is 1. The number of piperidine rings is 1. The van der Waals surface area contributed by atoms with E-state index in [4.69, 9.17) is 19.3 Å². The van der Waals surface area contributed by atoms with Crippen molar-refractivity contribution in [2.75, 3.05) is 33.4 Å². The summed E-state index contributed by atoms with van der Waals surface area (Å²) in [5, 5.41) is 9.48. The Kier molecular flexibility index (Phi) is 11.2. The fourth-order valence-electron chi connectivity index (χ4n) is 7.18. The third-order valence-corrected chi connectivity index (χ3v) is 9.74. The Morgan fingerprint density at radius 1 is 0.981 bits per heavy atom. The summed E-state index contributed by atoms with van der Waals surface area (Å²) < 4.78 is 33.8. The predicted molar refractivity (Wildman–Crippen MR) is 196 cm³/mol. The van der Waals surface area contributed by atoms with Gasteiger partial charge in [-0.15, -0.1) is 0 Å². The topological polar surface area (TPSA) is 111 Å². The molecule has 2 aliphatic rings. The fourth-order valence-corrected chi connectivity index (χ4v) is 7.18. The van der Waals surface area contributed by atoms with Gasteiger partial charge in [-0.1, -0.05) is 42.5 Å². The second kappa shape index (κ2) is 15.8. The second-order valence-electron chi connectivity index (χ2n) is 14.8. The maximum atomic E-state index is 15.5. The number of methoxy groups -OCH3 is 1. The number of carboxylic acids is 1. The molecule has 11 heteroatoms. The summed E-state index contributed by atoms with van der Waals surface area (Å²) in [5.74, 6) is -1.69. The van der Waals surface area contributed by atoms with E-state index in [1.54, 1.807) is 30.2 Å². The van der Waals surface area contributed by atoms with E-state index in [9.17, 15) is 14.4 Å². The van der Waals surface area contributed by atoms with Crippen molar-refractivity contribution in [3.63, 3.8) is 0 Å². The van der Waals surface area contributed by atoms with Crippen LogP contribution in [-0.2, 0) is 32.2 Å². The summed E-state index contributed by atoms with van der Waals surface area (Å²) in [6, 6.07) is 20.5. The van der Waals surface area contributed by atoms with Crippen LogP contribution in [-0.4, -0.2) is 82.5 Å².